The molecule has 0 fully saturated rings. The van der Waals surface area contributed by atoms with Gasteiger partial charge in [0.15, 0.2) is 5.13 Å². The standard InChI is InChI=1S/C18H18N4O2S/c1-4-22(13(3)23)18-20-15(11-25-18)9-14(10-19)17(24)21-16-8-6-5-7-12(16)2/h5-9,11H,4H2,1-3H3,(H,21,24)/b14-9+. The second-order valence-electron chi connectivity index (χ2n) is 5.26. The van der Waals surface area contributed by atoms with E-state index in [1.807, 2.05) is 38.1 Å². The van der Waals surface area contributed by atoms with E-state index in [0.29, 0.717) is 23.1 Å². The number of hydrogen-bond acceptors (Lipinski definition) is 5. The summed E-state index contributed by atoms with van der Waals surface area (Å²) in [7, 11) is 0. The normalized spacial score (nSPS) is 10.9. The van der Waals surface area contributed by atoms with E-state index < -0.39 is 5.91 Å². The second-order valence-corrected chi connectivity index (χ2v) is 6.09. The molecule has 2 rings (SSSR count). The van der Waals surface area contributed by atoms with Crippen LogP contribution in [0.5, 0.6) is 0 Å². The van der Waals surface area contributed by atoms with E-state index in [1.165, 1.54) is 29.2 Å². The molecule has 1 N–H and O–H groups in total. The lowest BCUT2D eigenvalue weighted by Crippen LogP contribution is -2.27. The molecule has 1 heterocycles. The third kappa shape index (κ3) is 4.52. The monoisotopic (exact) mass is 354 g/mol. The number of benzene rings is 1. The first-order chi connectivity index (χ1) is 12.0. The summed E-state index contributed by atoms with van der Waals surface area (Å²) in [5.41, 5.74) is 1.98. The molecule has 2 amide bonds. The van der Waals surface area contributed by atoms with E-state index >= 15 is 0 Å². The second kappa shape index (κ2) is 8.22. The first-order valence-corrected chi connectivity index (χ1v) is 8.56. The van der Waals surface area contributed by atoms with Crippen molar-refractivity contribution in [1.82, 2.24) is 4.98 Å². The zero-order valence-corrected chi connectivity index (χ0v) is 15.1. The molecule has 0 aliphatic carbocycles. The molecule has 2 aromatic rings. The van der Waals surface area contributed by atoms with Gasteiger partial charge in [0.05, 0.1) is 5.69 Å². The lowest BCUT2D eigenvalue weighted by molar-refractivity contribution is -0.116. The molecule has 6 nitrogen and oxygen atoms in total. The highest BCUT2D eigenvalue weighted by molar-refractivity contribution is 7.14. The topological polar surface area (TPSA) is 86.1 Å². The molecule has 1 aromatic heterocycles. The summed E-state index contributed by atoms with van der Waals surface area (Å²) < 4.78 is 0. The number of aryl methyl sites for hydroxylation is 1. The smallest absolute Gasteiger partial charge is 0.266 e. The van der Waals surface area contributed by atoms with Gasteiger partial charge in [-0.1, -0.05) is 18.2 Å². The average molecular weight is 354 g/mol. The summed E-state index contributed by atoms with van der Waals surface area (Å²) in [6.45, 7) is 5.70. The Kier molecular flexibility index (Phi) is 6.03. The quantitative estimate of drug-likeness (QED) is 0.659. The molecule has 0 radical (unpaired) electrons. The highest BCUT2D eigenvalue weighted by Crippen LogP contribution is 2.22. The molecule has 0 saturated carbocycles. The van der Waals surface area contributed by atoms with Crippen molar-refractivity contribution in [2.75, 3.05) is 16.8 Å². The maximum atomic E-state index is 12.3. The number of anilines is 2. The highest BCUT2D eigenvalue weighted by atomic mass is 32.1. The van der Waals surface area contributed by atoms with Gasteiger partial charge in [-0.3, -0.25) is 14.5 Å². The van der Waals surface area contributed by atoms with Crippen LogP contribution in [0.15, 0.2) is 35.2 Å². The molecule has 0 bridgehead atoms. The number of carbonyl (C=O) groups is 2. The number of amides is 2. The fraction of sp³-hybridized carbons (Fsp3) is 0.222. The molecule has 0 aliphatic heterocycles. The largest absolute Gasteiger partial charge is 0.321 e. The van der Waals surface area contributed by atoms with Crippen LogP contribution in [-0.4, -0.2) is 23.3 Å². The van der Waals surface area contributed by atoms with Crippen LogP contribution in [0.25, 0.3) is 6.08 Å². The van der Waals surface area contributed by atoms with E-state index in [9.17, 15) is 14.9 Å². The van der Waals surface area contributed by atoms with Crippen molar-refractivity contribution in [2.45, 2.75) is 20.8 Å². The van der Waals surface area contributed by atoms with E-state index in [0.717, 1.165) is 5.56 Å². The third-order valence-corrected chi connectivity index (χ3v) is 4.37. The van der Waals surface area contributed by atoms with Gasteiger partial charge in [0, 0.05) is 24.5 Å². The molecule has 0 aliphatic rings. The van der Waals surface area contributed by atoms with Crippen LogP contribution < -0.4 is 10.2 Å². The van der Waals surface area contributed by atoms with Gasteiger partial charge in [0.25, 0.3) is 5.91 Å². The SMILES string of the molecule is CCN(C(C)=O)c1nc(/C=C(\C#N)C(=O)Nc2ccccc2C)cs1. The number of rotatable bonds is 5. The van der Waals surface area contributed by atoms with Crippen LogP contribution in [0.2, 0.25) is 0 Å². The molecule has 25 heavy (non-hydrogen) atoms. The van der Waals surface area contributed by atoms with Crippen molar-refractivity contribution >= 4 is 40.0 Å². The van der Waals surface area contributed by atoms with Crippen molar-refractivity contribution in [1.29, 1.82) is 5.26 Å². The Morgan fingerprint density at radius 2 is 2.12 bits per heavy atom. The molecule has 0 spiro atoms. The summed E-state index contributed by atoms with van der Waals surface area (Å²) in [6.07, 6.45) is 1.42. The Bertz CT molecular complexity index is 864. The Morgan fingerprint density at radius 3 is 2.72 bits per heavy atom. The molecule has 0 saturated heterocycles. The van der Waals surface area contributed by atoms with E-state index in [2.05, 4.69) is 10.3 Å². The average Bonchev–Trinajstić information content (AvgIpc) is 3.03. The Morgan fingerprint density at radius 1 is 1.40 bits per heavy atom. The van der Waals surface area contributed by atoms with Gasteiger partial charge in [-0.25, -0.2) is 4.98 Å². The number of aromatic nitrogens is 1. The number of para-hydroxylation sites is 1. The van der Waals surface area contributed by atoms with Gasteiger partial charge in [-0.2, -0.15) is 5.26 Å². The zero-order chi connectivity index (χ0) is 18.4. The minimum absolute atomic E-state index is 0.0500. The molecule has 7 heteroatoms. The van der Waals surface area contributed by atoms with Crippen LogP contribution in [0.3, 0.4) is 0 Å². The molecule has 1 aromatic carbocycles. The molecule has 0 unspecified atom stereocenters. The van der Waals surface area contributed by atoms with Crippen molar-refractivity contribution in [3.63, 3.8) is 0 Å². The number of thiazole rings is 1. The molecular weight excluding hydrogens is 336 g/mol. The van der Waals surface area contributed by atoms with Gasteiger partial charge in [0.1, 0.15) is 11.6 Å². The van der Waals surface area contributed by atoms with Gasteiger partial charge in [-0.05, 0) is 31.6 Å². The Hall–Kier alpha value is -2.98. The summed E-state index contributed by atoms with van der Waals surface area (Å²) >= 11 is 1.29. The van der Waals surface area contributed by atoms with Crippen LogP contribution >= 0.6 is 11.3 Å². The Balaban J connectivity index is 2.22. The van der Waals surface area contributed by atoms with Gasteiger partial charge in [0.2, 0.25) is 5.91 Å². The fourth-order valence-corrected chi connectivity index (χ4v) is 3.05. The Labute approximate surface area is 150 Å². The van der Waals surface area contributed by atoms with Crippen molar-refractivity contribution < 1.29 is 9.59 Å². The summed E-state index contributed by atoms with van der Waals surface area (Å²) in [5.74, 6) is -0.601. The van der Waals surface area contributed by atoms with Gasteiger partial charge < -0.3 is 5.32 Å². The van der Waals surface area contributed by atoms with Crippen LogP contribution in [-0.2, 0) is 9.59 Å². The number of hydrogen-bond donors (Lipinski definition) is 1. The molecule has 0 atom stereocenters. The highest BCUT2D eigenvalue weighted by Gasteiger charge is 2.15. The van der Waals surface area contributed by atoms with Crippen molar-refractivity contribution in [2.24, 2.45) is 0 Å². The maximum absolute atomic E-state index is 12.3. The number of nitriles is 1. The van der Waals surface area contributed by atoms with Crippen LogP contribution in [0.4, 0.5) is 10.8 Å². The predicted molar refractivity (Wildman–Crippen MR) is 99.2 cm³/mol. The first-order valence-electron chi connectivity index (χ1n) is 7.68. The van der Waals surface area contributed by atoms with E-state index in [1.54, 1.807) is 11.4 Å². The number of nitrogens with one attached hydrogen (secondary N) is 1. The molecule has 128 valence electrons. The minimum Gasteiger partial charge on any atom is -0.321 e. The number of carbonyl (C=O) groups excluding carboxylic acids is 2. The molecular formula is C18H18N4O2S. The van der Waals surface area contributed by atoms with Crippen LogP contribution in [0, 0.1) is 18.3 Å². The van der Waals surface area contributed by atoms with E-state index in [-0.39, 0.29) is 11.5 Å². The van der Waals surface area contributed by atoms with Crippen LogP contribution in [0.1, 0.15) is 25.1 Å². The van der Waals surface area contributed by atoms with E-state index in [4.69, 9.17) is 0 Å². The fourth-order valence-electron chi connectivity index (χ4n) is 2.16. The van der Waals surface area contributed by atoms with Crippen molar-refractivity contribution in [3.05, 3.63) is 46.5 Å². The third-order valence-electron chi connectivity index (χ3n) is 3.49. The summed E-state index contributed by atoms with van der Waals surface area (Å²) in [6, 6.07) is 9.23. The van der Waals surface area contributed by atoms with Gasteiger partial charge in [-0.15, -0.1) is 11.3 Å². The summed E-state index contributed by atoms with van der Waals surface area (Å²) in [4.78, 5) is 29.7. The zero-order valence-electron chi connectivity index (χ0n) is 14.2. The van der Waals surface area contributed by atoms with Crippen molar-refractivity contribution in [3.8, 4) is 6.07 Å². The number of nitrogens with zero attached hydrogens (tertiary/aromatic N) is 3. The van der Waals surface area contributed by atoms with Gasteiger partial charge >= 0.3 is 0 Å². The minimum atomic E-state index is -0.495. The maximum Gasteiger partial charge on any atom is 0.266 e. The predicted octanol–water partition coefficient (Wildman–Crippen LogP) is 3.37. The summed E-state index contributed by atoms with van der Waals surface area (Å²) in [5, 5.41) is 14.3. The lowest BCUT2D eigenvalue weighted by Gasteiger charge is -2.14. The first kappa shape index (κ1) is 18.4. The lowest BCUT2D eigenvalue weighted by atomic mass is 10.2.